The molecular weight excluding hydrogens is 245 g/mol. The van der Waals surface area contributed by atoms with Crippen molar-refractivity contribution >= 4 is 25.6 Å². The molecule has 0 saturated heterocycles. The molecule has 0 amide bonds. The van der Waals surface area contributed by atoms with Crippen LogP contribution in [0.2, 0.25) is 0 Å². The molecule has 76 valence electrons. The topological polar surface area (TPSA) is 73.5 Å². The minimum atomic E-state index is -2.77. The second-order valence-corrected chi connectivity index (χ2v) is 4.90. The fourth-order valence-electron chi connectivity index (χ4n) is 0.974. The molecule has 0 aliphatic heterocycles. The third-order valence-corrected chi connectivity index (χ3v) is 3.24. The average Bonchev–Trinajstić information content (AvgIpc) is 2.18. The summed E-state index contributed by atoms with van der Waals surface area (Å²) in [6.45, 7) is 2.27. The molecule has 14 heavy (non-hydrogen) atoms. The van der Waals surface area contributed by atoms with Crippen LogP contribution in [0.15, 0.2) is 24.3 Å². The maximum atomic E-state index is 8.97. The van der Waals surface area contributed by atoms with Gasteiger partial charge in [0.2, 0.25) is 0 Å². The van der Waals surface area contributed by atoms with E-state index in [1.165, 1.54) is 0 Å². The quantitative estimate of drug-likeness (QED) is 0.396. The fourth-order valence-corrected chi connectivity index (χ4v) is 1.85. The Kier molecular flexibility index (Phi) is 4.14. The van der Waals surface area contributed by atoms with Gasteiger partial charge < -0.3 is 0 Å². The molecule has 5 heteroatoms. The van der Waals surface area contributed by atoms with Crippen molar-refractivity contribution in [1.29, 1.82) is 5.41 Å². The van der Waals surface area contributed by atoms with Gasteiger partial charge in [0.1, 0.15) is 0 Å². The minimum absolute atomic E-state index is 0.106. The van der Waals surface area contributed by atoms with Crippen molar-refractivity contribution < 1.29 is 12.9 Å². The van der Waals surface area contributed by atoms with Crippen molar-refractivity contribution in [2.24, 2.45) is 0 Å². The Morgan fingerprint density at radius 1 is 1.36 bits per heavy atom. The number of ether oxygens (including phenoxy) is 1. The Morgan fingerprint density at radius 3 is 2.36 bits per heavy atom. The zero-order valence-corrected chi connectivity index (χ0v) is 9.64. The Bertz CT molecular complexity index is 310. The van der Waals surface area contributed by atoms with E-state index < -0.39 is 15.3 Å². The van der Waals surface area contributed by atoms with E-state index >= 15 is 0 Å². The summed E-state index contributed by atoms with van der Waals surface area (Å²) in [5, 5.41) is 7.47. The first-order chi connectivity index (χ1) is 6.65. The summed E-state index contributed by atoms with van der Waals surface area (Å²) in [6.07, 6.45) is 0. The molecule has 0 spiro atoms. The second-order valence-electron chi connectivity index (χ2n) is 2.60. The van der Waals surface area contributed by atoms with Crippen LogP contribution in [-0.2, 0) is 4.74 Å². The Balaban J connectivity index is 2.78. The van der Waals surface area contributed by atoms with E-state index in [4.69, 9.17) is 18.3 Å². The summed E-state index contributed by atoms with van der Waals surface area (Å²) in [5.41, 5.74) is 0.645. The van der Waals surface area contributed by atoms with Crippen LogP contribution in [0.1, 0.15) is 12.5 Å². The van der Waals surface area contributed by atoms with Crippen LogP contribution in [0.4, 0.5) is 0 Å². The number of rotatable bonds is 3. The molecule has 1 aromatic rings. The predicted molar refractivity (Wildman–Crippen MR) is 54.7 cm³/mol. The molecule has 0 bridgehead atoms. The van der Waals surface area contributed by atoms with Crippen molar-refractivity contribution in [3.05, 3.63) is 29.8 Å². The summed E-state index contributed by atoms with van der Waals surface area (Å²) in [4.78, 5) is 0. The molecule has 4 nitrogen and oxygen atoms in total. The van der Waals surface area contributed by atoms with Gasteiger partial charge in [-0.3, -0.25) is 0 Å². The third kappa shape index (κ3) is 2.84. The van der Waals surface area contributed by atoms with Gasteiger partial charge in [-0.2, -0.15) is 0 Å². The average molecular weight is 257 g/mol. The van der Waals surface area contributed by atoms with Gasteiger partial charge in [0.25, 0.3) is 0 Å². The molecule has 1 rings (SSSR count). The van der Waals surface area contributed by atoms with Crippen LogP contribution in [0.5, 0.6) is 0 Å². The van der Waals surface area contributed by atoms with Gasteiger partial charge in [0.15, 0.2) is 0 Å². The van der Waals surface area contributed by atoms with Crippen LogP contribution >= 0.6 is 0 Å². The van der Waals surface area contributed by atoms with Crippen molar-refractivity contribution in [3.63, 3.8) is 0 Å². The zero-order valence-electron chi connectivity index (χ0n) is 7.77. The van der Waals surface area contributed by atoms with E-state index in [-0.39, 0.29) is 5.90 Å². The number of hydrogen-bond acceptors (Lipinski definition) is 4. The third-order valence-electron chi connectivity index (χ3n) is 1.65. The Hall–Kier alpha value is -0.832. The van der Waals surface area contributed by atoms with Crippen LogP contribution in [0.3, 0.4) is 0 Å². The molecule has 0 aromatic heterocycles. The summed E-state index contributed by atoms with van der Waals surface area (Å²) in [5.74, 6) is 0.106. The fraction of sp³-hybridized carbons (Fsp3) is 0.222. The van der Waals surface area contributed by atoms with Crippen molar-refractivity contribution in [2.45, 2.75) is 6.92 Å². The van der Waals surface area contributed by atoms with Crippen molar-refractivity contribution in [2.75, 3.05) is 6.61 Å². The van der Waals surface area contributed by atoms with E-state index in [2.05, 4.69) is 0 Å². The molecule has 0 radical (unpaired) electrons. The summed E-state index contributed by atoms with van der Waals surface area (Å²) in [6, 6.07) is 6.54. The number of benzene rings is 1. The van der Waals surface area contributed by atoms with Crippen LogP contribution < -0.4 is 4.35 Å². The molecule has 0 saturated carbocycles. The SMILES string of the molecule is CCOC(=N)c1ccc([As](O)O)cc1. The van der Waals surface area contributed by atoms with E-state index in [0.717, 1.165) is 0 Å². The van der Waals surface area contributed by atoms with Crippen molar-refractivity contribution in [1.82, 2.24) is 0 Å². The van der Waals surface area contributed by atoms with E-state index in [1.54, 1.807) is 24.3 Å². The molecule has 0 unspecified atom stereocenters. The van der Waals surface area contributed by atoms with Crippen LogP contribution in [-0.4, -0.2) is 36.0 Å². The van der Waals surface area contributed by atoms with E-state index in [9.17, 15) is 0 Å². The molecule has 0 heterocycles. The molecule has 3 N–H and O–H groups in total. The zero-order chi connectivity index (χ0) is 10.6. The van der Waals surface area contributed by atoms with Gasteiger partial charge in [-0.1, -0.05) is 0 Å². The Morgan fingerprint density at radius 2 is 1.93 bits per heavy atom. The van der Waals surface area contributed by atoms with Crippen molar-refractivity contribution in [3.8, 4) is 0 Å². The van der Waals surface area contributed by atoms with Crippen LogP contribution in [0, 0.1) is 5.41 Å². The summed E-state index contributed by atoms with van der Waals surface area (Å²) < 4.78 is 23.5. The molecule has 0 aliphatic rings. The Labute approximate surface area is 87.6 Å². The normalized spacial score (nSPS) is 10.3. The first kappa shape index (κ1) is 11.2. The van der Waals surface area contributed by atoms with E-state index in [1.807, 2.05) is 6.92 Å². The molecule has 0 aliphatic carbocycles. The summed E-state index contributed by atoms with van der Waals surface area (Å²) in [7, 11) is 0. The first-order valence-electron chi connectivity index (χ1n) is 4.14. The van der Waals surface area contributed by atoms with Gasteiger partial charge in [0.05, 0.1) is 0 Å². The van der Waals surface area contributed by atoms with Gasteiger partial charge >= 0.3 is 87.3 Å². The number of hydrogen-bond donors (Lipinski definition) is 3. The van der Waals surface area contributed by atoms with Gasteiger partial charge in [-0.15, -0.1) is 0 Å². The standard InChI is InChI=1S/C9H12AsNO3/c1-2-14-9(11)7-3-5-8(6-4-7)10(12)13/h3-6,11-13H,2H2,1H3. The number of nitrogens with one attached hydrogen (secondary N) is 1. The predicted octanol–water partition coefficient (Wildman–Crippen LogP) is -0.272. The molecular formula is C9H12AsNO3. The molecule has 0 fully saturated rings. The monoisotopic (exact) mass is 257 g/mol. The van der Waals surface area contributed by atoms with Gasteiger partial charge in [-0.05, 0) is 0 Å². The second kappa shape index (κ2) is 5.15. The van der Waals surface area contributed by atoms with Gasteiger partial charge in [-0.25, -0.2) is 0 Å². The first-order valence-corrected chi connectivity index (χ1v) is 6.76. The summed E-state index contributed by atoms with van der Waals surface area (Å²) >= 11 is -2.77. The van der Waals surface area contributed by atoms with Crippen LogP contribution in [0.25, 0.3) is 0 Å². The molecule has 0 atom stereocenters. The maximum absolute atomic E-state index is 8.97. The molecule has 1 aromatic carbocycles. The van der Waals surface area contributed by atoms with Gasteiger partial charge in [0, 0.05) is 0 Å². The van der Waals surface area contributed by atoms with E-state index in [0.29, 0.717) is 16.5 Å².